The maximum absolute atomic E-state index is 5.79. The fraction of sp³-hybridized carbons (Fsp3) is 0.429. The highest BCUT2D eigenvalue weighted by Crippen LogP contribution is 2.28. The Morgan fingerprint density at radius 1 is 1.26 bits per heavy atom. The number of hydrogen-bond acceptors (Lipinski definition) is 5. The number of benzene rings is 1. The Labute approximate surface area is 117 Å². The zero-order chi connectivity index (χ0) is 13.7. The highest BCUT2D eigenvalue weighted by molar-refractivity contribution is 7.13. The van der Waals surface area contributed by atoms with Gasteiger partial charge in [-0.05, 0) is 44.0 Å². The largest absolute Gasteiger partial charge is 0.430 e. The molecule has 0 amide bonds. The summed E-state index contributed by atoms with van der Waals surface area (Å²) in [5.41, 5.74) is 2.36. The third-order valence-electron chi connectivity index (χ3n) is 2.90. The van der Waals surface area contributed by atoms with Gasteiger partial charge in [0.25, 0.3) is 5.19 Å². The molecule has 2 rings (SSSR count). The van der Waals surface area contributed by atoms with Crippen LogP contribution in [0.25, 0.3) is 0 Å². The molecule has 1 aromatic carbocycles. The molecule has 0 saturated carbocycles. The Balaban J connectivity index is 2.01. The van der Waals surface area contributed by atoms with E-state index in [9.17, 15) is 0 Å². The Bertz CT molecular complexity index is 539. The lowest BCUT2D eigenvalue weighted by Gasteiger charge is -2.06. The van der Waals surface area contributed by atoms with Crippen molar-refractivity contribution < 1.29 is 4.74 Å². The minimum absolute atomic E-state index is 0.599. The molecule has 1 aromatic heterocycles. The van der Waals surface area contributed by atoms with Crippen molar-refractivity contribution >= 4 is 11.3 Å². The van der Waals surface area contributed by atoms with Gasteiger partial charge >= 0.3 is 0 Å². The number of aryl methyl sites for hydroxylation is 1. The summed E-state index contributed by atoms with van der Waals surface area (Å²) in [6.45, 7) is 8.01. The first kappa shape index (κ1) is 14.0. The summed E-state index contributed by atoms with van der Waals surface area (Å²) < 4.78 is 5.79. The standard InChI is InChI=1S/C14H19N3OS/c1-4-8-15-9-13-16-17-14(19-13)18-12-7-5-6-10(2)11(12)3/h5-7,15H,4,8-9H2,1-3H3. The van der Waals surface area contributed by atoms with E-state index in [4.69, 9.17) is 4.74 Å². The van der Waals surface area contributed by atoms with Gasteiger partial charge in [-0.1, -0.05) is 35.5 Å². The molecule has 4 nitrogen and oxygen atoms in total. The minimum atomic E-state index is 0.599. The van der Waals surface area contributed by atoms with Crippen molar-refractivity contribution in [2.45, 2.75) is 33.7 Å². The quantitative estimate of drug-likeness (QED) is 0.822. The first-order valence-corrected chi connectivity index (χ1v) is 7.29. The fourth-order valence-corrected chi connectivity index (χ4v) is 2.32. The van der Waals surface area contributed by atoms with E-state index in [2.05, 4.69) is 42.4 Å². The second-order valence-corrected chi connectivity index (χ2v) is 5.46. The van der Waals surface area contributed by atoms with E-state index in [0.29, 0.717) is 5.19 Å². The Morgan fingerprint density at radius 3 is 2.89 bits per heavy atom. The van der Waals surface area contributed by atoms with Crippen LogP contribution in [0.2, 0.25) is 0 Å². The SMILES string of the molecule is CCCNCc1nnc(Oc2cccc(C)c2C)s1. The van der Waals surface area contributed by atoms with Crippen LogP contribution in [0, 0.1) is 13.8 Å². The molecule has 0 atom stereocenters. The average molecular weight is 277 g/mol. The van der Waals surface area contributed by atoms with Gasteiger partial charge in [-0.25, -0.2) is 0 Å². The number of nitrogens with zero attached hydrogens (tertiary/aromatic N) is 2. The van der Waals surface area contributed by atoms with Crippen molar-refractivity contribution in [2.24, 2.45) is 0 Å². The number of hydrogen-bond donors (Lipinski definition) is 1. The molecule has 0 aliphatic rings. The molecule has 5 heteroatoms. The van der Waals surface area contributed by atoms with Gasteiger partial charge < -0.3 is 10.1 Å². The van der Waals surface area contributed by atoms with Crippen LogP contribution in [0.15, 0.2) is 18.2 Å². The third kappa shape index (κ3) is 3.75. The second-order valence-electron chi connectivity index (χ2n) is 4.44. The lowest BCUT2D eigenvalue weighted by molar-refractivity contribution is 0.469. The summed E-state index contributed by atoms with van der Waals surface area (Å²) >= 11 is 1.49. The normalized spacial score (nSPS) is 10.7. The zero-order valence-corrected chi connectivity index (χ0v) is 12.4. The highest BCUT2D eigenvalue weighted by atomic mass is 32.1. The Hall–Kier alpha value is -1.46. The molecule has 19 heavy (non-hydrogen) atoms. The van der Waals surface area contributed by atoms with E-state index in [1.807, 2.05) is 12.1 Å². The van der Waals surface area contributed by atoms with Crippen molar-refractivity contribution in [1.82, 2.24) is 15.5 Å². The highest BCUT2D eigenvalue weighted by Gasteiger charge is 2.08. The van der Waals surface area contributed by atoms with Gasteiger partial charge in [-0.3, -0.25) is 0 Å². The molecule has 1 N–H and O–H groups in total. The maximum Gasteiger partial charge on any atom is 0.299 e. The topological polar surface area (TPSA) is 47.0 Å². The molecule has 2 aromatic rings. The van der Waals surface area contributed by atoms with Crippen molar-refractivity contribution in [3.63, 3.8) is 0 Å². The Morgan fingerprint density at radius 2 is 2.11 bits per heavy atom. The van der Waals surface area contributed by atoms with Crippen molar-refractivity contribution in [1.29, 1.82) is 0 Å². The zero-order valence-electron chi connectivity index (χ0n) is 11.6. The van der Waals surface area contributed by atoms with Gasteiger partial charge in [0, 0.05) is 6.54 Å². The summed E-state index contributed by atoms with van der Waals surface area (Å²) in [4.78, 5) is 0. The molecule has 0 aliphatic heterocycles. The minimum Gasteiger partial charge on any atom is -0.430 e. The summed E-state index contributed by atoms with van der Waals surface area (Å²) in [5, 5.41) is 13.0. The smallest absolute Gasteiger partial charge is 0.299 e. The van der Waals surface area contributed by atoms with Crippen LogP contribution >= 0.6 is 11.3 Å². The molecule has 0 saturated heterocycles. The van der Waals surface area contributed by atoms with Crippen LogP contribution < -0.4 is 10.1 Å². The van der Waals surface area contributed by atoms with Gasteiger partial charge in [-0.15, -0.1) is 5.10 Å². The number of aromatic nitrogens is 2. The summed E-state index contributed by atoms with van der Waals surface area (Å²) in [6.07, 6.45) is 1.12. The fourth-order valence-electron chi connectivity index (χ4n) is 1.65. The molecule has 0 aliphatic carbocycles. The lowest BCUT2D eigenvalue weighted by atomic mass is 10.1. The van der Waals surface area contributed by atoms with Crippen LogP contribution in [-0.4, -0.2) is 16.7 Å². The lowest BCUT2D eigenvalue weighted by Crippen LogP contribution is -2.13. The molecule has 1 heterocycles. The van der Waals surface area contributed by atoms with E-state index in [-0.39, 0.29) is 0 Å². The summed E-state index contributed by atoms with van der Waals surface area (Å²) in [6, 6.07) is 6.02. The van der Waals surface area contributed by atoms with Crippen LogP contribution in [0.1, 0.15) is 29.5 Å². The van der Waals surface area contributed by atoms with E-state index >= 15 is 0 Å². The van der Waals surface area contributed by atoms with E-state index in [0.717, 1.165) is 35.8 Å². The molecular formula is C14H19N3OS. The average Bonchev–Trinajstić information content (AvgIpc) is 2.83. The first-order chi connectivity index (χ1) is 9.20. The number of rotatable bonds is 6. The molecule has 0 radical (unpaired) electrons. The van der Waals surface area contributed by atoms with E-state index in [1.54, 1.807) is 0 Å². The van der Waals surface area contributed by atoms with Crippen molar-refractivity contribution in [3.05, 3.63) is 34.3 Å². The van der Waals surface area contributed by atoms with Crippen molar-refractivity contribution in [3.8, 4) is 10.9 Å². The van der Waals surface area contributed by atoms with Gasteiger partial charge in [0.05, 0.1) is 0 Å². The van der Waals surface area contributed by atoms with Crippen LogP contribution in [0.3, 0.4) is 0 Å². The van der Waals surface area contributed by atoms with Gasteiger partial charge in [0.15, 0.2) is 0 Å². The monoisotopic (exact) mass is 277 g/mol. The predicted molar refractivity (Wildman–Crippen MR) is 77.9 cm³/mol. The molecular weight excluding hydrogens is 258 g/mol. The number of ether oxygens (including phenoxy) is 1. The molecule has 0 unspecified atom stereocenters. The van der Waals surface area contributed by atoms with Gasteiger partial charge in [0.1, 0.15) is 10.8 Å². The summed E-state index contributed by atoms with van der Waals surface area (Å²) in [7, 11) is 0. The Kier molecular flexibility index (Phi) is 4.87. The van der Waals surface area contributed by atoms with Crippen LogP contribution in [-0.2, 0) is 6.54 Å². The maximum atomic E-state index is 5.79. The van der Waals surface area contributed by atoms with E-state index in [1.165, 1.54) is 16.9 Å². The van der Waals surface area contributed by atoms with Crippen LogP contribution in [0.4, 0.5) is 0 Å². The van der Waals surface area contributed by atoms with Crippen LogP contribution in [0.5, 0.6) is 10.9 Å². The van der Waals surface area contributed by atoms with Gasteiger partial charge in [-0.2, -0.15) is 0 Å². The predicted octanol–water partition coefficient (Wildman–Crippen LogP) is 3.45. The molecule has 0 fully saturated rings. The molecule has 102 valence electrons. The molecule has 0 bridgehead atoms. The number of nitrogens with one attached hydrogen (secondary N) is 1. The third-order valence-corrected chi connectivity index (χ3v) is 3.70. The second kappa shape index (κ2) is 6.63. The molecule has 0 spiro atoms. The van der Waals surface area contributed by atoms with Crippen molar-refractivity contribution in [2.75, 3.05) is 6.54 Å². The summed E-state index contributed by atoms with van der Waals surface area (Å²) in [5.74, 6) is 0.851. The van der Waals surface area contributed by atoms with Gasteiger partial charge in [0.2, 0.25) is 0 Å². The van der Waals surface area contributed by atoms with E-state index < -0.39 is 0 Å². The first-order valence-electron chi connectivity index (χ1n) is 6.48.